The monoisotopic (exact) mass is 472 g/mol. The van der Waals surface area contributed by atoms with E-state index in [2.05, 4.69) is 0 Å². The molecule has 0 bridgehead atoms. The van der Waals surface area contributed by atoms with Crippen LogP contribution in [0.4, 0.5) is 9.18 Å². The fraction of sp³-hybridized carbons (Fsp3) is 0.704. The molecule has 1 aromatic rings. The number of rotatable bonds is 9. The van der Waals surface area contributed by atoms with Gasteiger partial charge in [0, 0.05) is 32.2 Å². The molecule has 186 valence electrons. The molecule has 2 saturated heterocycles. The fourth-order valence-corrected chi connectivity index (χ4v) is 5.56. The van der Waals surface area contributed by atoms with Crippen molar-refractivity contribution in [3.05, 3.63) is 29.6 Å². The van der Waals surface area contributed by atoms with Crippen LogP contribution in [0.3, 0.4) is 0 Å². The Hall–Kier alpha value is -2.31. The molecule has 5 rings (SSSR count). The van der Waals surface area contributed by atoms with Crippen LogP contribution >= 0.6 is 0 Å². The van der Waals surface area contributed by atoms with E-state index < -0.39 is 0 Å². The Kier molecular flexibility index (Phi) is 7.26. The summed E-state index contributed by atoms with van der Waals surface area (Å²) in [5.74, 6) is 2.82. The third-order valence-corrected chi connectivity index (χ3v) is 8.38. The van der Waals surface area contributed by atoms with Crippen molar-refractivity contribution in [1.29, 1.82) is 0 Å². The lowest BCUT2D eigenvalue weighted by Gasteiger charge is -2.33. The van der Waals surface area contributed by atoms with Gasteiger partial charge in [-0.25, -0.2) is 9.18 Å². The van der Waals surface area contributed by atoms with Crippen LogP contribution in [0.25, 0.3) is 0 Å². The molecule has 0 radical (unpaired) electrons. The van der Waals surface area contributed by atoms with Crippen LogP contribution in [0.5, 0.6) is 5.75 Å². The second-order valence-corrected chi connectivity index (χ2v) is 10.7. The topological polar surface area (TPSA) is 59.1 Å². The predicted octanol–water partition coefficient (Wildman–Crippen LogP) is 4.65. The number of likely N-dealkylation sites (tertiary alicyclic amines) is 2. The molecule has 1 aromatic carbocycles. The van der Waals surface area contributed by atoms with Crippen molar-refractivity contribution in [2.24, 2.45) is 23.7 Å². The minimum atomic E-state index is -0.367. The van der Waals surface area contributed by atoms with Crippen LogP contribution in [-0.4, -0.2) is 61.2 Å². The van der Waals surface area contributed by atoms with Crippen LogP contribution in [0, 0.1) is 29.5 Å². The molecule has 2 atom stereocenters. The smallest absolute Gasteiger partial charge is 0.409 e. The number of halogens is 1. The van der Waals surface area contributed by atoms with Crippen LogP contribution in [0.2, 0.25) is 0 Å². The van der Waals surface area contributed by atoms with E-state index in [0.717, 1.165) is 57.8 Å². The zero-order valence-electron chi connectivity index (χ0n) is 20.1. The predicted molar refractivity (Wildman–Crippen MR) is 126 cm³/mol. The van der Waals surface area contributed by atoms with Gasteiger partial charge in [-0.15, -0.1) is 0 Å². The third kappa shape index (κ3) is 5.66. The molecule has 6 nitrogen and oxygen atoms in total. The van der Waals surface area contributed by atoms with Gasteiger partial charge in [-0.05, 0) is 80.2 Å². The van der Waals surface area contributed by atoms with Gasteiger partial charge in [0.05, 0.1) is 19.6 Å². The van der Waals surface area contributed by atoms with E-state index in [1.54, 1.807) is 17.0 Å². The minimum absolute atomic E-state index is 0.00464. The number of hydrogen-bond acceptors (Lipinski definition) is 4. The van der Waals surface area contributed by atoms with Gasteiger partial charge in [0.25, 0.3) is 0 Å². The highest BCUT2D eigenvalue weighted by molar-refractivity contribution is 5.79. The first-order valence-electron chi connectivity index (χ1n) is 13.2. The van der Waals surface area contributed by atoms with Gasteiger partial charge >= 0.3 is 6.09 Å². The van der Waals surface area contributed by atoms with Crippen molar-refractivity contribution in [2.75, 3.05) is 39.4 Å². The summed E-state index contributed by atoms with van der Waals surface area (Å²) < 4.78 is 25.7. The second-order valence-electron chi connectivity index (χ2n) is 10.7. The second kappa shape index (κ2) is 10.5. The molecule has 2 heterocycles. The molecule has 0 unspecified atom stereocenters. The largest absolute Gasteiger partial charge is 0.493 e. The fourth-order valence-electron chi connectivity index (χ4n) is 5.56. The zero-order valence-corrected chi connectivity index (χ0v) is 20.1. The number of ether oxygens (including phenoxy) is 2. The van der Waals surface area contributed by atoms with E-state index in [4.69, 9.17) is 9.47 Å². The Balaban J connectivity index is 0.976. The molecule has 2 saturated carbocycles. The number of benzene rings is 1. The lowest BCUT2D eigenvalue weighted by atomic mass is 9.86. The summed E-state index contributed by atoms with van der Waals surface area (Å²) in [7, 11) is 0. The summed E-state index contributed by atoms with van der Waals surface area (Å²) in [6.07, 6.45) is 9.01. The van der Waals surface area contributed by atoms with Crippen molar-refractivity contribution < 1.29 is 23.5 Å². The SMILES string of the molecule is O=C(Cc1ccc(OCC[C@@H]2C[C@@H]2C2CCN(C(=O)OCC3CCC3)CC2)cc1F)N1CCC1. The summed E-state index contributed by atoms with van der Waals surface area (Å²) in [6, 6.07) is 4.85. The highest BCUT2D eigenvalue weighted by Crippen LogP contribution is 2.49. The molecular formula is C27H37FN2O4. The lowest BCUT2D eigenvalue weighted by Crippen LogP contribution is -2.42. The number of hydrogen-bond donors (Lipinski definition) is 0. The average molecular weight is 473 g/mol. The van der Waals surface area contributed by atoms with Crippen molar-refractivity contribution in [2.45, 2.75) is 57.8 Å². The lowest BCUT2D eigenvalue weighted by molar-refractivity contribution is -0.133. The molecular weight excluding hydrogens is 435 g/mol. The van der Waals surface area contributed by atoms with E-state index >= 15 is 0 Å². The van der Waals surface area contributed by atoms with Crippen molar-refractivity contribution in [3.63, 3.8) is 0 Å². The molecule has 0 spiro atoms. The van der Waals surface area contributed by atoms with Gasteiger partial charge < -0.3 is 19.3 Å². The highest BCUT2D eigenvalue weighted by atomic mass is 19.1. The van der Waals surface area contributed by atoms with Crippen molar-refractivity contribution in [1.82, 2.24) is 9.80 Å². The maximum atomic E-state index is 14.4. The van der Waals surface area contributed by atoms with E-state index in [-0.39, 0.29) is 24.2 Å². The van der Waals surface area contributed by atoms with E-state index in [9.17, 15) is 14.0 Å². The van der Waals surface area contributed by atoms with Gasteiger partial charge in [-0.1, -0.05) is 12.5 Å². The van der Waals surface area contributed by atoms with Crippen molar-refractivity contribution >= 4 is 12.0 Å². The molecule has 2 amide bonds. The van der Waals surface area contributed by atoms with Gasteiger partial charge in [0.15, 0.2) is 0 Å². The third-order valence-electron chi connectivity index (χ3n) is 8.38. The molecule has 0 aromatic heterocycles. The van der Waals surface area contributed by atoms with Crippen LogP contribution in [0.15, 0.2) is 18.2 Å². The quantitative estimate of drug-likeness (QED) is 0.525. The zero-order chi connectivity index (χ0) is 23.5. The van der Waals surface area contributed by atoms with E-state index in [0.29, 0.717) is 42.3 Å². The first-order valence-corrected chi connectivity index (χ1v) is 13.2. The first kappa shape index (κ1) is 23.4. The van der Waals surface area contributed by atoms with Crippen molar-refractivity contribution in [3.8, 4) is 5.75 Å². The maximum Gasteiger partial charge on any atom is 0.409 e. The van der Waals surface area contributed by atoms with E-state index in [1.807, 2.05) is 4.90 Å². The summed E-state index contributed by atoms with van der Waals surface area (Å²) in [5, 5.41) is 0. The molecule has 7 heteroatoms. The molecule has 4 fully saturated rings. The normalized spacial score (nSPS) is 24.9. The Morgan fingerprint density at radius 1 is 1.00 bits per heavy atom. The number of piperidine rings is 1. The Bertz CT molecular complexity index is 877. The van der Waals surface area contributed by atoms with Crippen LogP contribution in [0.1, 0.15) is 56.9 Å². The van der Waals surface area contributed by atoms with Gasteiger partial charge in [-0.3, -0.25) is 4.79 Å². The van der Waals surface area contributed by atoms with Gasteiger partial charge in [0.1, 0.15) is 11.6 Å². The molecule has 2 aliphatic heterocycles. The standard InChI is InChI=1S/C27H37FN2O4/c28-25-17-23(6-5-22(25)16-26(31)29-10-2-11-29)33-14-9-21-15-24(21)20-7-12-30(13-8-20)27(32)34-18-19-3-1-4-19/h5-6,17,19-21,24H,1-4,7-16,18H2/t21-,24-/m1/s1. The Labute approximate surface area is 201 Å². The highest BCUT2D eigenvalue weighted by Gasteiger charge is 2.43. The molecule has 0 N–H and O–H groups in total. The van der Waals surface area contributed by atoms with E-state index in [1.165, 1.54) is 31.7 Å². The first-order chi connectivity index (χ1) is 16.6. The summed E-state index contributed by atoms with van der Waals surface area (Å²) in [4.78, 5) is 28.0. The summed E-state index contributed by atoms with van der Waals surface area (Å²) in [5.41, 5.74) is 0.435. The van der Waals surface area contributed by atoms with Gasteiger partial charge in [-0.2, -0.15) is 0 Å². The molecule has 34 heavy (non-hydrogen) atoms. The molecule has 4 aliphatic rings. The number of nitrogens with zero attached hydrogens (tertiary/aromatic N) is 2. The summed E-state index contributed by atoms with van der Waals surface area (Å²) in [6.45, 7) is 4.36. The number of carbonyl (C=O) groups is 2. The Morgan fingerprint density at radius 3 is 2.44 bits per heavy atom. The van der Waals surface area contributed by atoms with Crippen LogP contribution in [-0.2, 0) is 16.0 Å². The minimum Gasteiger partial charge on any atom is -0.493 e. The number of amides is 2. The summed E-state index contributed by atoms with van der Waals surface area (Å²) >= 11 is 0. The number of carbonyl (C=O) groups excluding carboxylic acids is 2. The molecule has 2 aliphatic carbocycles. The Morgan fingerprint density at radius 2 is 1.79 bits per heavy atom. The average Bonchev–Trinajstić information content (AvgIpc) is 3.53. The maximum absolute atomic E-state index is 14.4. The van der Waals surface area contributed by atoms with Crippen LogP contribution < -0.4 is 4.74 Å². The van der Waals surface area contributed by atoms with Gasteiger partial charge in [0.2, 0.25) is 5.91 Å².